The molecule has 0 spiro atoms. The van der Waals surface area contributed by atoms with E-state index in [2.05, 4.69) is 22.2 Å². The minimum absolute atomic E-state index is 0.00271. The van der Waals surface area contributed by atoms with E-state index in [9.17, 15) is 9.59 Å². The molecule has 2 heterocycles. The van der Waals surface area contributed by atoms with Crippen LogP contribution in [0.4, 0.5) is 0 Å². The Kier molecular flexibility index (Phi) is 7.48. The molecule has 4 rings (SSSR count). The summed E-state index contributed by atoms with van der Waals surface area (Å²) in [5.41, 5.74) is 1.06. The van der Waals surface area contributed by atoms with Crippen molar-refractivity contribution in [2.24, 2.45) is 0 Å². The van der Waals surface area contributed by atoms with Gasteiger partial charge in [0.15, 0.2) is 11.5 Å². The van der Waals surface area contributed by atoms with E-state index in [4.69, 9.17) is 13.9 Å². The lowest BCUT2D eigenvalue weighted by Crippen LogP contribution is -2.61. The topological polar surface area (TPSA) is 84.2 Å². The van der Waals surface area contributed by atoms with Gasteiger partial charge in [0.1, 0.15) is 5.58 Å². The van der Waals surface area contributed by atoms with Crippen molar-refractivity contribution in [3.05, 3.63) is 33.7 Å². The molecule has 0 atom stereocenters. The molecule has 8 heteroatoms. The fourth-order valence-electron chi connectivity index (χ4n) is 5.50. The molecule has 1 aliphatic heterocycles. The Bertz CT molecular complexity index is 1080. The summed E-state index contributed by atoms with van der Waals surface area (Å²) in [6.07, 6.45) is 5.86. The number of fused-ring (bicyclic) bond motifs is 1. The molecule has 1 aromatic heterocycles. The van der Waals surface area contributed by atoms with Gasteiger partial charge in [0.05, 0.1) is 26.2 Å². The normalized spacial score (nSPS) is 19.2. The van der Waals surface area contributed by atoms with Gasteiger partial charge in [0.2, 0.25) is 5.91 Å². The Labute approximate surface area is 201 Å². The maximum atomic E-state index is 13.0. The second kappa shape index (κ2) is 10.4. The zero-order chi connectivity index (χ0) is 24.3. The number of hydrogen-bond acceptors (Lipinski definition) is 7. The van der Waals surface area contributed by atoms with Crippen molar-refractivity contribution < 1.29 is 18.7 Å². The summed E-state index contributed by atoms with van der Waals surface area (Å²) < 4.78 is 16.3. The van der Waals surface area contributed by atoms with Gasteiger partial charge in [-0.3, -0.25) is 9.69 Å². The van der Waals surface area contributed by atoms with Crippen LogP contribution < -0.4 is 20.4 Å². The molecule has 8 nitrogen and oxygen atoms in total. The molecule has 2 fully saturated rings. The van der Waals surface area contributed by atoms with Crippen LogP contribution >= 0.6 is 0 Å². The largest absolute Gasteiger partial charge is 0.493 e. The molecule has 1 aliphatic carbocycles. The SMILES string of the molecule is COc1cc2oc(=O)c(CC(=O)NCC3(N4CCN(C)CC4)CCCCC3)c(C)c2cc1OC. The average Bonchev–Trinajstić information content (AvgIpc) is 2.85. The van der Waals surface area contributed by atoms with E-state index in [0.717, 1.165) is 50.0 Å². The minimum atomic E-state index is -0.487. The number of amides is 1. The van der Waals surface area contributed by atoms with Crippen LogP contribution in [0.5, 0.6) is 11.5 Å². The summed E-state index contributed by atoms with van der Waals surface area (Å²) >= 11 is 0. The Morgan fingerprint density at radius 2 is 1.71 bits per heavy atom. The highest BCUT2D eigenvalue weighted by Gasteiger charge is 2.39. The quantitative estimate of drug-likeness (QED) is 0.622. The molecule has 0 unspecified atom stereocenters. The van der Waals surface area contributed by atoms with E-state index < -0.39 is 5.63 Å². The van der Waals surface area contributed by atoms with Crippen molar-refractivity contribution in [3.63, 3.8) is 0 Å². The molecule has 0 bridgehead atoms. The Morgan fingerprint density at radius 1 is 1.06 bits per heavy atom. The van der Waals surface area contributed by atoms with Crippen molar-refractivity contribution in [2.75, 3.05) is 54.0 Å². The number of nitrogens with zero attached hydrogens (tertiary/aromatic N) is 2. The molecule has 0 radical (unpaired) electrons. The molecule has 1 N–H and O–H groups in total. The number of carbonyl (C=O) groups is 1. The highest BCUT2D eigenvalue weighted by Crippen LogP contribution is 2.35. The molecule has 1 aromatic carbocycles. The van der Waals surface area contributed by atoms with Gasteiger partial charge in [-0.05, 0) is 38.4 Å². The van der Waals surface area contributed by atoms with Gasteiger partial charge in [-0.2, -0.15) is 0 Å². The molecular formula is C26H37N3O5. The van der Waals surface area contributed by atoms with Gasteiger partial charge >= 0.3 is 5.63 Å². The van der Waals surface area contributed by atoms with Crippen LogP contribution in [-0.2, 0) is 11.2 Å². The lowest BCUT2D eigenvalue weighted by atomic mass is 9.79. The molecule has 2 aromatic rings. The van der Waals surface area contributed by atoms with E-state index in [1.165, 1.54) is 26.4 Å². The first-order valence-electron chi connectivity index (χ1n) is 12.3. The summed E-state index contributed by atoms with van der Waals surface area (Å²) in [7, 11) is 5.26. The molecule has 2 aliphatic rings. The zero-order valence-electron chi connectivity index (χ0n) is 20.9. The first kappa shape index (κ1) is 24.5. The highest BCUT2D eigenvalue weighted by atomic mass is 16.5. The molecule has 186 valence electrons. The summed E-state index contributed by atoms with van der Waals surface area (Å²) in [5, 5.41) is 3.91. The average molecular weight is 472 g/mol. The van der Waals surface area contributed by atoms with Gasteiger partial charge in [-0.1, -0.05) is 19.3 Å². The van der Waals surface area contributed by atoms with Crippen LogP contribution in [0.3, 0.4) is 0 Å². The van der Waals surface area contributed by atoms with Crippen LogP contribution in [0.1, 0.15) is 43.2 Å². The smallest absolute Gasteiger partial charge is 0.340 e. The standard InChI is InChI=1S/C26H37N3O5/c1-18-19-14-22(32-3)23(33-4)16-21(19)34-25(31)20(18)15-24(30)27-17-26(8-6-5-7-9-26)29-12-10-28(2)11-13-29/h14,16H,5-13,15,17H2,1-4H3,(H,27,30). The van der Waals surface area contributed by atoms with E-state index in [0.29, 0.717) is 29.2 Å². The van der Waals surface area contributed by atoms with Crippen LogP contribution in [-0.4, -0.2) is 75.2 Å². The predicted molar refractivity (Wildman–Crippen MR) is 132 cm³/mol. The second-order valence-corrected chi connectivity index (χ2v) is 9.73. The molecule has 1 amide bonds. The predicted octanol–water partition coefficient (Wildman–Crippen LogP) is 2.73. The Hall–Kier alpha value is -2.58. The molecule has 1 saturated carbocycles. The molecular weight excluding hydrogens is 434 g/mol. The highest BCUT2D eigenvalue weighted by molar-refractivity contribution is 5.87. The maximum absolute atomic E-state index is 13.0. The number of carbonyl (C=O) groups excluding carboxylic acids is 1. The fraction of sp³-hybridized carbons (Fsp3) is 0.615. The molecule has 1 saturated heterocycles. The number of likely N-dealkylation sites (N-methyl/N-ethyl adjacent to an activating group) is 1. The van der Waals surface area contributed by atoms with E-state index >= 15 is 0 Å². The number of rotatable bonds is 7. The Morgan fingerprint density at radius 3 is 2.35 bits per heavy atom. The van der Waals surface area contributed by atoms with Crippen molar-refractivity contribution in [1.29, 1.82) is 0 Å². The van der Waals surface area contributed by atoms with E-state index in [-0.39, 0.29) is 17.9 Å². The summed E-state index contributed by atoms with van der Waals surface area (Å²) in [6, 6.07) is 3.44. The zero-order valence-corrected chi connectivity index (χ0v) is 20.9. The van der Waals surface area contributed by atoms with Crippen molar-refractivity contribution >= 4 is 16.9 Å². The Balaban J connectivity index is 1.51. The number of nitrogens with one attached hydrogen (secondary N) is 1. The van der Waals surface area contributed by atoms with Crippen molar-refractivity contribution in [3.8, 4) is 11.5 Å². The van der Waals surface area contributed by atoms with Crippen LogP contribution in [0.2, 0.25) is 0 Å². The number of ether oxygens (including phenoxy) is 2. The van der Waals surface area contributed by atoms with Gasteiger partial charge in [-0.25, -0.2) is 4.79 Å². The first-order valence-corrected chi connectivity index (χ1v) is 12.3. The van der Waals surface area contributed by atoms with Crippen LogP contribution in [0, 0.1) is 6.92 Å². The fourth-order valence-corrected chi connectivity index (χ4v) is 5.50. The van der Waals surface area contributed by atoms with Gasteiger partial charge < -0.3 is 24.1 Å². The minimum Gasteiger partial charge on any atom is -0.493 e. The summed E-state index contributed by atoms with van der Waals surface area (Å²) in [6.45, 7) is 6.65. The molecule has 34 heavy (non-hydrogen) atoms. The number of piperazine rings is 1. The third-order valence-corrected chi connectivity index (χ3v) is 7.70. The third kappa shape index (κ3) is 4.93. The number of aryl methyl sites for hydroxylation is 1. The van der Waals surface area contributed by atoms with Crippen LogP contribution in [0.15, 0.2) is 21.3 Å². The monoisotopic (exact) mass is 471 g/mol. The second-order valence-electron chi connectivity index (χ2n) is 9.73. The number of hydrogen-bond donors (Lipinski definition) is 1. The summed E-state index contributed by atoms with van der Waals surface area (Å²) in [4.78, 5) is 30.7. The number of benzene rings is 1. The lowest BCUT2D eigenvalue weighted by molar-refractivity contribution is -0.121. The van der Waals surface area contributed by atoms with Crippen molar-refractivity contribution in [2.45, 2.75) is 51.0 Å². The first-order chi connectivity index (χ1) is 16.4. The van der Waals surface area contributed by atoms with E-state index in [1.54, 1.807) is 19.2 Å². The van der Waals surface area contributed by atoms with E-state index in [1.807, 2.05) is 6.92 Å². The van der Waals surface area contributed by atoms with Gasteiger partial charge in [-0.15, -0.1) is 0 Å². The van der Waals surface area contributed by atoms with Crippen LogP contribution in [0.25, 0.3) is 11.0 Å². The number of methoxy groups -OCH3 is 2. The lowest BCUT2D eigenvalue weighted by Gasteiger charge is -2.49. The summed E-state index contributed by atoms with van der Waals surface area (Å²) in [5.74, 6) is 0.896. The maximum Gasteiger partial charge on any atom is 0.340 e. The van der Waals surface area contributed by atoms with Gasteiger partial charge in [0.25, 0.3) is 0 Å². The van der Waals surface area contributed by atoms with Gasteiger partial charge in [0, 0.05) is 49.7 Å². The third-order valence-electron chi connectivity index (χ3n) is 7.70. The van der Waals surface area contributed by atoms with Crippen molar-refractivity contribution in [1.82, 2.24) is 15.1 Å².